The number of likely N-dealkylation sites (N-methyl/N-ethyl adjacent to an activating group) is 1. The van der Waals surface area contributed by atoms with E-state index < -0.39 is 0 Å². The fourth-order valence-electron chi connectivity index (χ4n) is 2.21. The van der Waals surface area contributed by atoms with Gasteiger partial charge in [0.1, 0.15) is 0 Å². The van der Waals surface area contributed by atoms with Gasteiger partial charge in [-0.05, 0) is 44.6 Å². The molecule has 0 aromatic rings. The van der Waals surface area contributed by atoms with Crippen molar-refractivity contribution in [3.63, 3.8) is 0 Å². The molecule has 0 aromatic heterocycles. The highest BCUT2D eigenvalue weighted by molar-refractivity contribution is 7.80. The third-order valence-corrected chi connectivity index (χ3v) is 4.12. The van der Waals surface area contributed by atoms with Gasteiger partial charge in [-0.1, -0.05) is 13.8 Å². The molecule has 2 unspecified atom stereocenters. The molecule has 1 aliphatic heterocycles. The zero-order chi connectivity index (χ0) is 11.4. The van der Waals surface area contributed by atoms with Crippen molar-refractivity contribution in [2.75, 3.05) is 39.5 Å². The second-order valence-electron chi connectivity index (χ2n) is 5.35. The van der Waals surface area contributed by atoms with Crippen LogP contribution < -0.4 is 0 Å². The summed E-state index contributed by atoms with van der Waals surface area (Å²) in [5.74, 6) is 2.51. The maximum Gasteiger partial charge on any atom is 0.0229 e. The molecule has 0 aromatic carbocycles. The first kappa shape index (κ1) is 13.3. The van der Waals surface area contributed by atoms with Crippen LogP contribution in [-0.4, -0.2) is 55.3 Å². The average molecular weight is 230 g/mol. The Labute approximate surface area is 100 Å². The molecule has 90 valence electrons. The summed E-state index contributed by atoms with van der Waals surface area (Å²) in [5.41, 5.74) is 0. The van der Waals surface area contributed by atoms with Gasteiger partial charge < -0.3 is 9.80 Å². The summed E-state index contributed by atoms with van der Waals surface area (Å²) in [5, 5.41) is 0. The van der Waals surface area contributed by atoms with E-state index >= 15 is 0 Å². The topological polar surface area (TPSA) is 6.48 Å². The highest BCUT2D eigenvalue weighted by Gasteiger charge is 2.26. The van der Waals surface area contributed by atoms with E-state index in [1.165, 1.54) is 26.1 Å². The molecule has 3 heteroatoms. The quantitative estimate of drug-likeness (QED) is 0.720. The number of hydrogen-bond acceptors (Lipinski definition) is 3. The van der Waals surface area contributed by atoms with Crippen LogP contribution in [0.1, 0.15) is 20.3 Å². The molecule has 15 heavy (non-hydrogen) atoms. The van der Waals surface area contributed by atoms with Crippen LogP contribution in [0.5, 0.6) is 0 Å². The zero-order valence-electron chi connectivity index (χ0n) is 10.6. The summed E-state index contributed by atoms with van der Waals surface area (Å²) in [4.78, 5) is 4.95. The van der Waals surface area contributed by atoms with Gasteiger partial charge in [-0.25, -0.2) is 0 Å². The van der Waals surface area contributed by atoms with E-state index in [0.29, 0.717) is 0 Å². The van der Waals surface area contributed by atoms with E-state index in [4.69, 9.17) is 0 Å². The van der Waals surface area contributed by atoms with E-state index in [-0.39, 0.29) is 0 Å². The van der Waals surface area contributed by atoms with Crippen LogP contribution in [0.3, 0.4) is 0 Å². The van der Waals surface area contributed by atoms with Gasteiger partial charge in [0.05, 0.1) is 0 Å². The predicted molar refractivity (Wildman–Crippen MR) is 70.7 cm³/mol. The lowest BCUT2D eigenvalue weighted by atomic mass is 9.97. The summed E-state index contributed by atoms with van der Waals surface area (Å²) < 4.78 is 0. The Bertz CT molecular complexity index is 182. The van der Waals surface area contributed by atoms with E-state index in [1.807, 2.05) is 0 Å². The van der Waals surface area contributed by atoms with Gasteiger partial charge >= 0.3 is 0 Å². The van der Waals surface area contributed by atoms with Crippen molar-refractivity contribution in [3.8, 4) is 0 Å². The Hall–Kier alpha value is 0.270. The Morgan fingerprint density at radius 3 is 2.47 bits per heavy atom. The standard InChI is InChI=1S/C12H26N2S/c1-10(2)11(9-15)7-14-6-5-12(8-14)13(3)4/h10-12,15H,5-9H2,1-4H3. The number of rotatable bonds is 5. The summed E-state index contributed by atoms with van der Waals surface area (Å²) in [6.45, 7) is 8.34. The third kappa shape index (κ3) is 3.97. The highest BCUT2D eigenvalue weighted by Crippen LogP contribution is 2.19. The second kappa shape index (κ2) is 6.12. The minimum absolute atomic E-state index is 0.745. The van der Waals surface area contributed by atoms with Crippen LogP contribution in [0.2, 0.25) is 0 Å². The SMILES string of the molecule is CC(C)C(CS)CN1CCC(N(C)C)C1. The Balaban J connectivity index is 2.34. The molecule has 0 spiro atoms. The molecule has 0 amide bonds. The first-order valence-corrected chi connectivity index (χ1v) is 6.67. The Kier molecular flexibility index (Phi) is 5.44. The minimum Gasteiger partial charge on any atom is -0.305 e. The Morgan fingerprint density at radius 2 is 2.07 bits per heavy atom. The smallest absolute Gasteiger partial charge is 0.0229 e. The molecular formula is C12H26N2S. The average Bonchev–Trinajstić information content (AvgIpc) is 2.61. The van der Waals surface area contributed by atoms with Crippen LogP contribution in [-0.2, 0) is 0 Å². The minimum atomic E-state index is 0.745. The van der Waals surface area contributed by atoms with Crippen molar-refractivity contribution < 1.29 is 0 Å². The molecule has 1 fully saturated rings. The summed E-state index contributed by atoms with van der Waals surface area (Å²) in [7, 11) is 4.37. The molecule has 0 N–H and O–H groups in total. The first-order chi connectivity index (χ1) is 7.04. The molecule has 0 aliphatic carbocycles. The van der Waals surface area contributed by atoms with Crippen molar-refractivity contribution >= 4 is 12.6 Å². The monoisotopic (exact) mass is 230 g/mol. The lowest BCUT2D eigenvalue weighted by Gasteiger charge is -2.26. The van der Waals surface area contributed by atoms with E-state index in [2.05, 4.69) is 50.4 Å². The second-order valence-corrected chi connectivity index (χ2v) is 5.72. The molecule has 1 heterocycles. The fraction of sp³-hybridized carbons (Fsp3) is 1.00. The van der Waals surface area contributed by atoms with Crippen molar-refractivity contribution in [2.45, 2.75) is 26.3 Å². The first-order valence-electron chi connectivity index (χ1n) is 6.04. The van der Waals surface area contributed by atoms with Crippen LogP contribution >= 0.6 is 12.6 Å². The van der Waals surface area contributed by atoms with E-state index in [0.717, 1.165) is 23.6 Å². The van der Waals surface area contributed by atoms with Crippen LogP contribution in [0.15, 0.2) is 0 Å². The molecule has 2 nitrogen and oxygen atoms in total. The Morgan fingerprint density at radius 1 is 1.40 bits per heavy atom. The molecule has 0 bridgehead atoms. The third-order valence-electron chi connectivity index (χ3n) is 3.65. The number of nitrogens with zero attached hydrogens (tertiary/aromatic N) is 2. The van der Waals surface area contributed by atoms with Gasteiger partial charge in [0.15, 0.2) is 0 Å². The normalized spacial score (nSPS) is 25.4. The molecule has 1 rings (SSSR count). The lowest BCUT2D eigenvalue weighted by Crippen LogP contribution is -2.35. The highest BCUT2D eigenvalue weighted by atomic mass is 32.1. The van der Waals surface area contributed by atoms with Crippen molar-refractivity contribution in [3.05, 3.63) is 0 Å². The maximum absolute atomic E-state index is 4.45. The van der Waals surface area contributed by atoms with Crippen molar-refractivity contribution in [1.29, 1.82) is 0 Å². The van der Waals surface area contributed by atoms with Gasteiger partial charge in [0, 0.05) is 19.1 Å². The van der Waals surface area contributed by atoms with E-state index in [1.54, 1.807) is 0 Å². The number of likely N-dealkylation sites (tertiary alicyclic amines) is 1. The van der Waals surface area contributed by atoms with Gasteiger partial charge in [-0.2, -0.15) is 12.6 Å². The predicted octanol–water partition coefficient (Wildman–Crippen LogP) is 1.82. The van der Waals surface area contributed by atoms with Gasteiger partial charge in [-0.3, -0.25) is 0 Å². The van der Waals surface area contributed by atoms with Crippen LogP contribution in [0.25, 0.3) is 0 Å². The summed E-state index contributed by atoms with van der Waals surface area (Å²) >= 11 is 4.45. The molecule has 1 aliphatic rings. The largest absolute Gasteiger partial charge is 0.305 e. The summed E-state index contributed by atoms with van der Waals surface area (Å²) in [6.07, 6.45) is 1.32. The molecule has 1 saturated heterocycles. The summed E-state index contributed by atoms with van der Waals surface area (Å²) in [6, 6.07) is 0.762. The van der Waals surface area contributed by atoms with Gasteiger partial charge in [-0.15, -0.1) is 0 Å². The van der Waals surface area contributed by atoms with E-state index in [9.17, 15) is 0 Å². The molecule has 0 saturated carbocycles. The zero-order valence-corrected chi connectivity index (χ0v) is 11.5. The maximum atomic E-state index is 4.45. The molecule has 0 radical (unpaired) electrons. The van der Waals surface area contributed by atoms with Crippen molar-refractivity contribution in [2.24, 2.45) is 11.8 Å². The van der Waals surface area contributed by atoms with Crippen LogP contribution in [0, 0.1) is 11.8 Å². The van der Waals surface area contributed by atoms with Gasteiger partial charge in [0.2, 0.25) is 0 Å². The lowest BCUT2D eigenvalue weighted by molar-refractivity contribution is 0.228. The van der Waals surface area contributed by atoms with Gasteiger partial charge in [0.25, 0.3) is 0 Å². The van der Waals surface area contributed by atoms with Crippen molar-refractivity contribution in [1.82, 2.24) is 9.80 Å². The fourth-order valence-corrected chi connectivity index (χ4v) is 2.75. The molecular weight excluding hydrogens is 204 g/mol. The number of hydrogen-bond donors (Lipinski definition) is 1. The van der Waals surface area contributed by atoms with Crippen LogP contribution in [0.4, 0.5) is 0 Å². The molecule has 2 atom stereocenters. The number of thiol groups is 1.